The molecule has 0 amide bonds. The van der Waals surface area contributed by atoms with Crippen molar-refractivity contribution in [3.8, 4) is 0 Å². The number of rotatable bonds is 1. The lowest BCUT2D eigenvalue weighted by molar-refractivity contribution is 0.386. The van der Waals surface area contributed by atoms with Crippen LogP contribution >= 0.6 is 0 Å². The van der Waals surface area contributed by atoms with Gasteiger partial charge in [0.1, 0.15) is 6.17 Å². The molecular formula is C21H26N2. The van der Waals surface area contributed by atoms with Crippen LogP contribution in [0.3, 0.4) is 0 Å². The molecule has 1 saturated carbocycles. The maximum atomic E-state index is 2.76. The summed E-state index contributed by atoms with van der Waals surface area (Å²) in [7, 11) is 0. The third kappa shape index (κ3) is 1.70. The van der Waals surface area contributed by atoms with Gasteiger partial charge in [-0.15, -0.1) is 0 Å². The van der Waals surface area contributed by atoms with Crippen LogP contribution in [0.2, 0.25) is 0 Å². The Morgan fingerprint density at radius 1 is 0.957 bits per heavy atom. The summed E-state index contributed by atoms with van der Waals surface area (Å²) in [5.41, 5.74) is 2.94. The maximum Gasteiger partial charge on any atom is 0.105 e. The topological polar surface area (TPSA) is 6.48 Å². The minimum absolute atomic E-state index is 0.552. The number of hydrogen-bond donors (Lipinski definition) is 0. The Morgan fingerprint density at radius 3 is 2.30 bits per heavy atom. The van der Waals surface area contributed by atoms with E-state index in [9.17, 15) is 0 Å². The van der Waals surface area contributed by atoms with E-state index in [2.05, 4.69) is 67.0 Å². The highest BCUT2D eigenvalue weighted by atomic mass is 15.5. The molecule has 5 rings (SSSR count). The smallest absolute Gasteiger partial charge is 0.105 e. The van der Waals surface area contributed by atoms with Crippen molar-refractivity contribution in [2.24, 2.45) is 11.8 Å². The molecule has 120 valence electrons. The number of hydrogen-bond acceptors (Lipinski definition) is 2. The molecule has 0 aromatic heterocycles. The molecule has 2 nitrogen and oxygen atoms in total. The Balaban J connectivity index is 1.73. The van der Waals surface area contributed by atoms with Crippen molar-refractivity contribution in [2.45, 2.75) is 58.3 Å². The molecule has 4 atom stereocenters. The van der Waals surface area contributed by atoms with E-state index < -0.39 is 0 Å². The highest BCUT2D eigenvalue weighted by molar-refractivity contribution is 5.95. The molecule has 2 heteroatoms. The van der Waals surface area contributed by atoms with Crippen molar-refractivity contribution in [1.29, 1.82) is 0 Å². The molecule has 0 bridgehead atoms. The second-order valence-electron chi connectivity index (χ2n) is 8.01. The first kappa shape index (κ1) is 13.7. The molecular weight excluding hydrogens is 280 g/mol. The Morgan fingerprint density at radius 2 is 1.61 bits per heavy atom. The van der Waals surface area contributed by atoms with Crippen LogP contribution < -0.4 is 9.80 Å². The lowest BCUT2D eigenvalue weighted by Crippen LogP contribution is -2.47. The van der Waals surface area contributed by atoms with Crippen LogP contribution in [-0.4, -0.2) is 18.2 Å². The minimum Gasteiger partial charge on any atom is -0.347 e. The number of fused-ring (bicyclic) bond motifs is 6. The van der Waals surface area contributed by atoms with Gasteiger partial charge in [-0.1, -0.05) is 30.7 Å². The van der Waals surface area contributed by atoms with Gasteiger partial charge in [0.05, 0.1) is 11.4 Å². The number of anilines is 2. The fourth-order valence-corrected chi connectivity index (χ4v) is 5.70. The SMILES string of the molecule is CC(C)N1c2cc3ccccc3cc2N2C(C)C3CCCC3C12. The lowest BCUT2D eigenvalue weighted by atomic mass is 9.92. The van der Waals surface area contributed by atoms with Crippen LogP contribution in [0.1, 0.15) is 40.0 Å². The third-order valence-corrected chi connectivity index (χ3v) is 6.59. The van der Waals surface area contributed by atoms with Crippen LogP contribution in [0.25, 0.3) is 10.8 Å². The van der Waals surface area contributed by atoms with E-state index in [0.717, 1.165) is 11.8 Å². The fraction of sp³-hybridized carbons (Fsp3) is 0.524. The summed E-state index contributed by atoms with van der Waals surface area (Å²) in [6.07, 6.45) is 4.85. The Kier molecular flexibility index (Phi) is 2.78. The van der Waals surface area contributed by atoms with Gasteiger partial charge in [-0.3, -0.25) is 0 Å². The van der Waals surface area contributed by atoms with E-state index in [4.69, 9.17) is 0 Å². The summed E-state index contributed by atoms with van der Waals surface area (Å²) in [6.45, 7) is 7.18. The number of benzene rings is 2. The van der Waals surface area contributed by atoms with Crippen molar-refractivity contribution in [3.63, 3.8) is 0 Å². The van der Waals surface area contributed by atoms with Crippen molar-refractivity contribution in [1.82, 2.24) is 0 Å². The van der Waals surface area contributed by atoms with Crippen LogP contribution in [0, 0.1) is 11.8 Å². The quantitative estimate of drug-likeness (QED) is 0.730. The molecule has 2 aromatic carbocycles. The molecule has 2 aliphatic heterocycles. The molecule has 0 spiro atoms. The summed E-state index contributed by atoms with van der Waals surface area (Å²) in [5, 5.41) is 2.74. The minimum atomic E-state index is 0.552. The molecule has 2 heterocycles. The van der Waals surface area contributed by atoms with E-state index in [1.807, 2.05) is 0 Å². The van der Waals surface area contributed by atoms with Crippen LogP contribution in [0.4, 0.5) is 11.4 Å². The molecule has 1 aliphatic carbocycles. The zero-order valence-electron chi connectivity index (χ0n) is 14.4. The van der Waals surface area contributed by atoms with Crippen LogP contribution in [0.15, 0.2) is 36.4 Å². The second-order valence-corrected chi connectivity index (χ2v) is 8.01. The first-order valence-electron chi connectivity index (χ1n) is 9.26. The molecule has 0 N–H and O–H groups in total. The molecule has 3 aliphatic rings. The second kappa shape index (κ2) is 4.66. The van der Waals surface area contributed by atoms with Crippen LogP contribution in [-0.2, 0) is 0 Å². The van der Waals surface area contributed by atoms with Gasteiger partial charge in [-0.05, 0) is 62.4 Å². The third-order valence-electron chi connectivity index (χ3n) is 6.59. The molecule has 2 aromatic rings. The average Bonchev–Trinajstić information content (AvgIpc) is 3.19. The van der Waals surface area contributed by atoms with Gasteiger partial charge in [0.25, 0.3) is 0 Å². The molecule has 0 radical (unpaired) electrons. The van der Waals surface area contributed by atoms with Crippen molar-refractivity contribution < 1.29 is 0 Å². The normalized spacial score (nSPS) is 31.8. The van der Waals surface area contributed by atoms with E-state index in [1.165, 1.54) is 41.4 Å². The van der Waals surface area contributed by atoms with Gasteiger partial charge in [-0.2, -0.15) is 0 Å². The highest BCUT2D eigenvalue weighted by Gasteiger charge is 2.55. The van der Waals surface area contributed by atoms with Crippen molar-refractivity contribution >= 4 is 22.1 Å². The van der Waals surface area contributed by atoms with E-state index in [-0.39, 0.29) is 0 Å². The van der Waals surface area contributed by atoms with Gasteiger partial charge in [-0.25, -0.2) is 0 Å². The fourth-order valence-electron chi connectivity index (χ4n) is 5.70. The van der Waals surface area contributed by atoms with Crippen molar-refractivity contribution in [3.05, 3.63) is 36.4 Å². The van der Waals surface area contributed by atoms with Gasteiger partial charge in [0, 0.05) is 18.0 Å². The van der Waals surface area contributed by atoms with E-state index in [1.54, 1.807) is 0 Å². The molecule has 4 unspecified atom stereocenters. The Bertz CT molecular complexity index is 764. The Labute approximate surface area is 139 Å². The molecule has 1 saturated heterocycles. The van der Waals surface area contributed by atoms with Gasteiger partial charge >= 0.3 is 0 Å². The predicted octanol–water partition coefficient (Wildman–Crippen LogP) is 5.02. The van der Waals surface area contributed by atoms with E-state index in [0.29, 0.717) is 18.2 Å². The summed E-state index contributed by atoms with van der Waals surface area (Å²) < 4.78 is 0. The zero-order valence-corrected chi connectivity index (χ0v) is 14.4. The zero-order chi connectivity index (χ0) is 15.7. The summed E-state index contributed by atoms with van der Waals surface area (Å²) in [5.74, 6) is 1.74. The first-order valence-corrected chi connectivity index (χ1v) is 9.26. The molecule has 2 fully saturated rings. The summed E-state index contributed by atoms with van der Waals surface area (Å²) in [4.78, 5) is 5.48. The highest BCUT2D eigenvalue weighted by Crippen LogP contribution is 2.56. The number of nitrogens with zero attached hydrogens (tertiary/aromatic N) is 2. The van der Waals surface area contributed by atoms with Gasteiger partial charge in [0.15, 0.2) is 0 Å². The van der Waals surface area contributed by atoms with E-state index >= 15 is 0 Å². The van der Waals surface area contributed by atoms with Gasteiger partial charge in [0.2, 0.25) is 0 Å². The molecule has 23 heavy (non-hydrogen) atoms. The summed E-state index contributed by atoms with van der Waals surface area (Å²) >= 11 is 0. The lowest BCUT2D eigenvalue weighted by Gasteiger charge is -2.35. The first-order chi connectivity index (χ1) is 11.2. The largest absolute Gasteiger partial charge is 0.347 e. The Hall–Kier alpha value is -1.70. The van der Waals surface area contributed by atoms with Crippen LogP contribution in [0.5, 0.6) is 0 Å². The van der Waals surface area contributed by atoms with Gasteiger partial charge < -0.3 is 9.80 Å². The predicted molar refractivity (Wildman–Crippen MR) is 98.1 cm³/mol. The van der Waals surface area contributed by atoms with Crippen molar-refractivity contribution in [2.75, 3.05) is 9.80 Å². The maximum absolute atomic E-state index is 2.76. The monoisotopic (exact) mass is 306 g/mol. The standard InChI is InChI=1S/C21H26N2/c1-13(2)22-19-11-15-7-4-5-8-16(15)12-20(19)23-14(3)17-9-6-10-18(17)21(22)23/h4-5,7-8,11-14,17-18,21H,6,9-10H2,1-3H3. The average molecular weight is 306 g/mol. The summed E-state index contributed by atoms with van der Waals surface area (Å²) in [6, 6.07) is 14.9.